The molecule has 2 rings (SSSR count). The fourth-order valence-electron chi connectivity index (χ4n) is 3.11. The van der Waals surface area contributed by atoms with Gasteiger partial charge in [-0.25, -0.2) is 4.79 Å². The first kappa shape index (κ1) is 18.2. The summed E-state index contributed by atoms with van der Waals surface area (Å²) in [6, 6.07) is 8.10. The molecular weight excluding hydrogens is 298 g/mol. The lowest BCUT2D eigenvalue weighted by atomic mass is 9.82. The Morgan fingerprint density at radius 3 is 2.42 bits per heavy atom. The zero-order valence-electron chi connectivity index (χ0n) is 14.5. The van der Waals surface area contributed by atoms with Crippen LogP contribution >= 0.6 is 0 Å². The first-order valence-electron chi connectivity index (χ1n) is 8.58. The number of carbonyl (C=O) groups is 1. The molecule has 1 aromatic carbocycles. The van der Waals surface area contributed by atoms with Gasteiger partial charge in [0.05, 0.1) is 5.56 Å². The van der Waals surface area contributed by atoms with E-state index in [4.69, 9.17) is 10.5 Å². The van der Waals surface area contributed by atoms with Crippen molar-refractivity contribution >= 4 is 5.97 Å². The summed E-state index contributed by atoms with van der Waals surface area (Å²) < 4.78 is 5.46. The van der Waals surface area contributed by atoms with Crippen LogP contribution in [-0.4, -0.2) is 12.0 Å². The number of allylic oxidation sites excluding steroid dienone is 3. The second-order valence-electron chi connectivity index (χ2n) is 6.37. The largest absolute Gasteiger partial charge is 0.423 e. The summed E-state index contributed by atoms with van der Waals surface area (Å²) >= 11 is 0. The summed E-state index contributed by atoms with van der Waals surface area (Å²) in [5, 5.41) is 0. The maximum absolute atomic E-state index is 12.3. The van der Waals surface area contributed by atoms with Crippen LogP contribution in [-0.2, 0) is 4.74 Å². The van der Waals surface area contributed by atoms with Gasteiger partial charge in [0.15, 0.2) is 0 Å². The molecule has 3 nitrogen and oxygen atoms in total. The molecule has 0 atom stereocenters. The summed E-state index contributed by atoms with van der Waals surface area (Å²) in [5.74, 6) is 0.698. The Bertz CT molecular complexity index is 620. The highest BCUT2D eigenvalue weighted by molar-refractivity contribution is 5.90. The molecule has 0 aliphatic heterocycles. The molecule has 0 aromatic heterocycles. The zero-order valence-corrected chi connectivity index (χ0v) is 14.5. The zero-order chi connectivity index (χ0) is 17.5. The average Bonchev–Trinajstić information content (AvgIpc) is 2.60. The molecule has 0 bridgehead atoms. The molecular formula is C21H27NO2. The van der Waals surface area contributed by atoms with Crippen molar-refractivity contribution in [2.45, 2.75) is 51.0 Å². The lowest BCUT2D eigenvalue weighted by molar-refractivity contribution is 0.0631. The van der Waals surface area contributed by atoms with E-state index in [1.807, 2.05) is 31.2 Å². The van der Waals surface area contributed by atoms with Gasteiger partial charge >= 0.3 is 5.97 Å². The summed E-state index contributed by atoms with van der Waals surface area (Å²) in [7, 11) is 0. The first-order chi connectivity index (χ1) is 11.5. The monoisotopic (exact) mass is 325 g/mol. The van der Waals surface area contributed by atoms with Crippen LogP contribution in [0.25, 0.3) is 0 Å². The summed E-state index contributed by atoms with van der Waals surface area (Å²) in [6.45, 7) is 9.42. The van der Waals surface area contributed by atoms with Gasteiger partial charge in [-0.15, -0.1) is 6.58 Å². The Morgan fingerprint density at radius 2 is 1.88 bits per heavy atom. The molecule has 1 aromatic rings. The minimum absolute atomic E-state index is 0.346. The standard InChI is InChI=1S/C21H27NO2/c1-4-6-15(3)20(5-2)24-21(23)18-9-7-16(8-10-18)17-11-13-19(22)14-12-17/h4-5,7-10,17,19H,1,3,6,11-14,22H2,2H3/b20-5+. The van der Waals surface area contributed by atoms with Crippen LogP contribution in [0.1, 0.15) is 60.9 Å². The van der Waals surface area contributed by atoms with Crippen molar-refractivity contribution < 1.29 is 9.53 Å². The minimum Gasteiger partial charge on any atom is -0.423 e. The van der Waals surface area contributed by atoms with E-state index in [2.05, 4.69) is 13.2 Å². The first-order valence-corrected chi connectivity index (χ1v) is 8.58. The number of esters is 1. The van der Waals surface area contributed by atoms with Crippen LogP contribution in [0.2, 0.25) is 0 Å². The average molecular weight is 325 g/mol. The van der Waals surface area contributed by atoms with Crippen LogP contribution < -0.4 is 5.73 Å². The molecule has 0 saturated heterocycles. The SMILES string of the molecule is C=CCC(=C)/C(=C\C)OC(=O)c1ccc(C2CCC(N)CC2)cc1. The topological polar surface area (TPSA) is 52.3 Å². The molecule has 3 heteroatoms. The molecule has 0 radical (unpaired) electrons. The number of rotatable bonds is 6. The number of benzene rings is 1. The highest BCUT2D eigenvalue weighted by atomic mass is 16.5. The Balaban J connectivity index is 2.00. The van der Waals surface area contributed by atoms with Crippen molar-refractivity contribution in [3.8, 4) is 0 Å². The molecule has 0 unspecified atom stereocenters. The molecule has 0 spiro atoms. The molecule has 1 saturated carbocycles. The Labute approximate surface area is 144 Å². The molecule has 1 fully saturated rings. The number of hydrogen-bond donors (Lipinski definition) is 1. The van der Waals surface area contributed by atoms with Crippen LogP contribution in [0.3, 0.4) is 0 Å². The van der Waals surface area contributed by atoms with Crippen molar-refractivity contribution in [3.63, 3.8) is 0 Å². The highest BCUT2D eigenvalue weighted by Crippen LogP contribution is 2.32. The van der Waals surface area contributed by atoms with Gasteiger partial charge in [-0.1, -0.05) is 24.8 Å². The Morgan fingerprint density at radius 1 is 1.25 bits per heavy atom. The third-order valence-electron chi connectivity index (χ3n) is 4.59. The van der Waals surface area contributed by atoms with E-state index in [1.54, 1.807) is 12.2 Å². The Kier molecular flexibility index (Phi) is 6.56. The van der Waals surface area contributed by atoms with Gasteiger partial charge in [-0.3, -0.25) is 0 Å². The summed E-state index contributed by atoms with van der Waals surface area (Å²) in [4.78, 5) is 12.3. The number of hydrogen-bond acceptors (Lipinski definition) is 3. The normalized spacial score (nSPS) is 21.2. The molecule has 0 amide bonds. The molecule has 2 N–H and O–H groups in total. The molecule has 1 aliphatic rings. The van der Waals surface area contributed by atoms with Gasteiger partial charge < -0.3 is 10.5 Å². The van der Waals surface area contributed by atoms with E-state index in [1.165, 1.54) is 5.56 Å². The van der Waals surface area contributed by atoms with Crippen LogP contribution in [0.15, 0.2) is 60.9 Å². The van der Waals surface area contributed by atoms with Gasteiger partial charge in [0.2, 0.25) is 0 Å². The third kappa shape index (κ3) is 4.68. The predicted molar refractivity (Wildman–Crippen MR) is 98.8 cm³/mol. The van der Waals surface area contributed by atoms with Gasteiger partial charge in [0.1, 0.15) is 5.76 Å². The van der Waals surface area contributed by atoms with E-state index in [0.717, 1.165) is 31.3 Å². The van der Waals surface area contributed by atoms with Crippen molar-refractivity contribution in [2.75, 3.05) is 0 Å². The fraction of sp³-hybridized carbons (Fsp3) is 0.381. The minimum atomic E-state index is -0.356. The second-order valence-corrected chi connectivity index (χ2v) is 6.37. The van der Waals surface area contributed by atoms with E-state index in [-0.39, 0.29) is 5.97 Å². The smallest absolute Gasteiger partial charge is 0.343 e. The van der Waals surface area contributed by atoms with Crippen molar-refractivity contribution in [3.05, 3.63) is 72.0 Å². The van der Waals surface area contributed by atoms with E-state index in [0.29, 0.717) is 29.7 Å². The number of ether oxygens (including phenoxy) is 1. The van der Waals surface area contributed by atoms with Crippen LogP contribution in [0.5, 0.6) is 0 Å². The highest BCUT2D eigenvalue weighted by Gasteiger charge is 2.20. The molecule has 0 heterocycles. The fourth-order valence-corrected chi connectivity index (χ4v) is 3.11. The summed E-state index contributed by atoms with van der Waals surface area (Å²) in [6.07, 6.45) is 8.47. The van der Waals surface area contributed by atoms with Gasteiger partial charge in [-0.2, -0.15) is 0 Å². The lowest BCUT2D eigenvalue weighted by Crippen LogP contribution is -2.25. The second kappa shape index (κ2) is 8.65. The molecule has 24 heavy (non-hydrogen) atoms. The maximum atomic E-state index is 12.3. The van der Waals surface area contributed by atoms with Gasteiger partial charge in [0.25, 0.3) is 0 Å². The quantitative estimate of drug-likeness (QED) is 0.351. The van der Waals surface area contributed by atoms with Crippen molar-refractivity contribution in [1.82, 2.24) is 0 Å². The molecule has 128 valence electrons. The predicted octanol–water partition coefficient (Wildman–Crippen LogP) is 4.86. The van der Waals surface area contributed by atoms with E-state index in [9.17, 15) is 4.79 Å². The number of carbonyl (C=O) groups excluding carboxylic acids is 1. The van der Waals surface area contributed by atoms with E-state index < -0.39 is 0 Å². The van der Waals surface area contributed by atoms with Crippen molar-refractivity contribution in [2.24, 2.45) is 5.73 Å². The van der Waals surface area contributed by atoms with Crippen LogP contribution in [0.4, 0.5) is 0 Å². The van der Waals surface area contributed by atoms with Gasteiger partial charge in [-0.05, 0) is 74.3 Å². The van der Waals surface area contributed by atoms with E-state index >= 15 is 0 Å². The lowest BCUT2D eigenvalue weighted by Gasteiger charge is -2.26. The van der Waals surface area contributed by atoms with Crippen molar-refractivity contribution in [1.29, 1.82) is 0 Å². The Hall–Kier alpha value is -2.13. The molecule has 1 aliphatic carbocycles. The summed E-state index contributed by atoms with van der Waals surface area (Å²) in [5.41, 5.74) is 8.54. The van der Waals surface area contributed by atoms with Crippen LogP contribution in [0, 0.1) is 0 Å². The third-order valence-corrected chi connectivity index (χ3v) is 4.59. The maximum Gasteiger partial charge on any atom is 0.343 e. The van der Waals surface area contributed by atoms with Gasteiger partial charge in [0, 0.05) is 6.04 Å². The number of nitrogens with two attached hydrogens (primary N) is 1.